The molecule has 0 radical (unpaired) electrons. The second kappa shape index (κ2) is 12.9. The van der Waals surface area contributed by atoms with Crippen LogP contribution in [0.1, 0.15) is 13.8 Å². The third kappa shape index (κ3) is 9.91. The van der Waals surface area contributed by atoms with Gasteiger partial charge in [0.25, 0.3) is 0 Å². The average Bonchev–Trinajstić information content (AvgIpc) is 2.67. The quantitative estimate of drug-likeness (QED) is 0.246. The lowest BCUT2D eigenvalue weighted by atomic mass is 10.3. The smallest absolute Gasteiger partial charge is 0.123 e. The molecule has 0 bridgehead atoms. The summed E-state index contributed by atoms with van der Waals surface area (Å²) in [5.41, 5.74) is 11.0. The lowest BCUT2D eigenvalue weighted by Crippen LogP contribution is -2.40. The summed E-state index contributed by atoms with van der Waals surface area (Å²) in [4.78, 5) is 0. The Morgan fingerprint density at radius 1 is 0.885 bits per heavy atom. The molecule has 1 aromatic rings. The van der Waals surface area contributed by atoms with Gasteiger partial charge in [0.05, 0.1) is 0 Å². The van der Waals surface area contributed by atoms with Gasteiger partial charge in [-0.15, -0.1) is 0 Å². The van der Waals surface area contributed by atoms with Gasteiger partial charge in [0.2, 0.25) is 0 Å². The molecule has 0 fully saturated rings. The molecule has 0 amide bonds. The first-order valence-electron chi connectivity index (χ1n) is 9.03. The second-order valence-electron chi connectivity index (χ2n) is 6.49. The van der Waals surface area contributed by atoms with Crippen LogP contribution in [0.25, 0.3) is 0 Å². The van der Waals surface area contributed by atoms with Crippen LogP contribution in [0.5, 0.6) is 11.5 Å². The highest BCUT2D eigenvalue weighted by molar-refractivity contribution is 5.33. The van der Waals surface area contributed by atoms with E-state index in [-0.39, 0.29) is 25.3 Å². The molecule has 8 nitrogen and oxygen atoms in total. The van der Waals surface area contributed by atoms with E-state index in [4.69, 9.17) is 20.9 Å². The number of rotatable bonds is 14. The Hall–Kier alpha value is -1.42. The zero-order valence-corrected chi connectivity index (χ0v) is 15.7. The van der Waals surface area contributed by atoms with Crippen LogP contribution in [-0.4, -0.2) is 73.9 Å². The summed E-state index contributed by atoms with van der Waals surface area (Å²) in [6, 6.07) is 7.40. The predicted molar refractivity (Wildman–Crippen MR) is 102 cm³/mol. The zero-order chi connectivity index (χ0) is 19.4. The van der Waals surface area contributed by atoms with Gasteiger partial charge in [0, 0.05) is 44.3 Å². The van der Waals surface area contributed by atoms with Crippen molar-refractivity contribution in [3.8, 4) is 11.5 Å². The van der Waals surface area contributed by atoms with E-state index in [2.05, 4.69) is 10.6 Å². The minimum absolute atomic E-state index is 0.148. The fourth-order valence-corrected chi connectivity index (χ4v) is 2.00. The Bertz CT molecular complexity index is 453. The maximum Gasteiger partial charge on any atom is 0.123 e. The Morgan fingerprint density at radius 3 is 1.69 bits per heavy atom. The van der Waals surface area contributed by atoms with Gasteiger partial charge in [-0.2, -0.15) is 0 Å². The van der Waals surface area contributed by atoms with Gasteiger partial charge in [-0.3, -0.25) is 0 Å². The van der Waals surface area contributed by atoms with Crippen molar-refractivity contribution in [2.45, 2.75) is 38.1 Å². The van der Waals surface area contributed by atoms with Crippen molar-refractivity contribution in [3.05, 3.63) is 24.3 Å². The summed E-state index contributed by atoms with van der Waals surface area (Å²) < 4.78 is 11.2. The number of hydrogen-bond acceptors (Lipinski definition) is 8. The Kier molecular flexibility index (Phi) is 11.2. The topological polar surface area (TPSA) is 135 Å². The summed E-state index contributed by atoms with van der Waals surface area (Å²) in [6.45, 7) is 6.08. The van der Waals surface area contributed by atoms with Gasteiger partial charge >= 0.3 is 0 Å². The fraction of sp³-hybridized carbons (Fsp3) is 0.667. The summed E-state index contributed by atoms with van der Waals surface area (Å²) in [5, 5.41) is 26.1. The molecule has 0 heterocycles. The molecule has 0 saturated heterocycles. The average molecular weight is 370 g/mol. The highest BCUT2D eigenvalue weighted by Crippen LogP contribution is 2.19. The molecular weight excluding hydrogens is 336 g/mol. The largest absolute Gasteiger partial charge is 0.491 e. The molecule has 0 aliphatic rings. The van der Waals surface area contributed by atoms with Crippen molar-refractivity contribution in [1.82, 2.24) is 10.6 Å². The van der Waals surface area contributed by atoms with Gasteiger partial charge in [0.15, 0.2) is 0 Å². The lowest BCUT2D eigenvalue weighted by molar-refractivity contribution is 0.101. The Morgan fingerprint density at radius 2 is 1.31 bits per heavy atom. The van der Waals surface area contributed by atoms with E-state index >= 15 is 0 Å². The minimum Gasteiger partial charge on any atom is -0.491 e. The number of nitrogens with one attached hydrogen (secondary N) is 2. The standard InChI is InChI=1S/C18H34N4O4/c1-13(7-19)21-9-15(23)11-25-17-4-3-5-18(6-17)26-12-16(24)10-22-14(2)8-20/h3-6,13-16,21-24H,7-12,19-20H2,1-2H3. The monoisotopic (exact) mass is 370 g/mol. The molecular formula is C18H34N4O4. The van der Waals surface area contributed by atoms with Crippen molar-refractivity contribution >= 4 is 0 Å². The van der Waals surface area contributed by atoms with Crippen LogP contribution >= 0.6 is 0 Å². The SMILES string of the molecule is CC(CN)NCC(O)COc1cccc(OCC(O)CNC(C)CN)c1. The van der Waals surface area contributed by atoms with E-state index in [0.29, 0.717) is 37.7 Å². The van der Waals surface area contributed by atoms with Crippen molar-refractivity contribution in [1.29, 1.82) is 0 Å². The van der Waals surface area contributed by atoms with Crippen LogP contribution < -0.4 is 31.6 Å². The number of aliphatic hydroxyl groups excluding tert-OH is 2. The molecule has 0 aliphatic heterocycles. The minimum atomic E-state index is -0.633. The third-order valence-corrected chi connectivity index (χ3v) is 3.80. The van der Waals surface area contributed by atoms with E-state index < -0.39 is 12.2 Å². The summed E-state index contributed by atoms with van der Waals surface area (Å²) >= 11 is 0. The molecule has 0 saturated carbocycles. The Balaban J connectivity index is 2.33. The van der Waals surface area contributed by atoms with Crippen LogP contribution in [0.3, 0.4) is 0 Å². The number of hydrogen-bond donors (Lipinski definition) is 6. The van der Waals surface area contributed by atoms with E-state index in [1.54, 1.807) is 24.3 Å². The number of benzene rings is 1. The van der Waals surface area contributed by atoms with Crippen molar-refractivity contribution < 1.29 is 19.7 Å². The molecule has 1 rings (SSSR count). The maximum atomic E-state index is 9.92. The van der Waals surface area contributed by atoms with Gasteiger partial charge in [-0.05, 0) is 26.0 Å². The molecule has 8 N–H and O–H groups in total. The van der Waals surface area contributed by atoms with E-state index in [9.17, 15) is 10.2 Å². The molecule has 150 valence electrons. The summed E-state index contributed by atoms with van der Waals surface area (Å²) in [6.07, 6.45) is -1.27. The fourth-order valence-electron chi connectivity index (χ4n) is 2.00. The zero-order valence-electron chi connectivity index (χ0n) is 15.7. The van der Waals surface area contributed by atoms with Crippen LogP contribution in [0, 0.1) is 0 Å². The van der Waals surface area contributed by atoms with Crippen LogP contribution in [0.2, 0.25) is 0 Å². The van der Waals surface area contributed by atoms with Gasteiger partial charge in [0.1, 0.15) is 36.9 Å². The molecule has 1 aromatic carbocycles. The van der Waals surface area contributed by atoms with Crippen molar-refractivity contribution in [2.24, 2.45) is 11.5 Å². The highest BCUT2D eigenvalue weighted by atomic mass is 16.5. The molecule has 0 aromatic heterocycles. The lowest BCUT2D eigenvalue weighted by Gasteiger charge is -2.17. The summed E-state index contributed by atoms with van der Waals surface area (Å²) in [7, 11) is 0. The molecule has 8 heteroatoms. The summed E-state index contributed by atoms with van der Waals surface area (Å²) in [5.74, 6) is 1.19. The van der Waals surface area contributed by atoms with Crippen molar-refractivity contribution in [2.75, 3.05) is 39.4 Å². The normalized spacial score (nSPS) is 15.9. The number of nitrogens with two attached hydrogens (primary N) is 2. The molecule has 4 atom stereocenters. The Labute approximate surface area is 155 Å². The van der Waals surface area contributed by atoms with Gasteiger partial charge < -0.3 is 41.8 Å². The number of ether oxygens (including phenoxy) is 2. The molecule has 0 aliphatic carbocycles. The molecule has 4 unspecified atom stereocenters. The predicted octanol–water partition coefficient (Wildman–Crippen LogP) is -0.960. The van der Waals surface area contributed by atoms with Crippen molar-refractivity contribution in [3.63, 3.8) is 0 Å². The van der Waals surface area contributed by atoms with Gasteiger partial charge in [-0.1, -0.05) is 6.07 Å². The van der Waals surface area contributed by atoms with Crippen LogP contribution in [0.4, 0.5) is 0 Å². The molecule has 26 heavy (non-hydrogen) atoms. The van der Waals surface area contributed by atoms with Gasteiger partial charge in [-0.25, -0.2) is 0 Å². The first-order valence-corrected chi connectivity index (χ1v) is 9.03. The van der Waals surface area contributed by atoms with E-state index in [1.807, 2.05) is 13.8 Å². The maximum absolute atomic E-state index is 9.92. The van der Waals surface area contributed by atoms with Crippen LogP contribution in [0.15, 0.2) is 24.3 Å². The molecule has 0 spiro atoms. The second-order valence-corrected chi connectivity index (χ2v) is 6.49. The first-order chi connectivity index (χ1) is 12.4. The van der Waals surface area contributed by atoms with Crippen LogP contribution in [-0.2, 0) is 0 Å². The third-order valence-electron chi connectivity index (χ3n) is 3.80. The first kappa shape index (κ1) is 22.6. The number of aliphatic hydroxyl groups is 2. The van der Waals surface area contributed by atoms with E-state index in [1.165, 1.54) is 0 Å². The highest BCUT2D eigenvalue weighted by Gasteiger charge is 2.09. The van der Waals surface area contributed by atoms with E-state index in [0.717, 1.165) is 0 Å².